The van der Waals surface area contributed by atoms with Gasteiger partial charge in [-0.1, -0.05) is 23.8 Å². The van der Waals surface area contributed by atoms with Crippen LogP contribution in [0.2, 0.25) is 0 Å². The van der Waals surface area contributed by atoms with Crippen LogP contribution in [0.25, 0.3) is 0 Å². The molecule has 1 aliphatic heterocycles. The Hall–Kier alpha value is -2.16. The molecule has 0 aliphatic carbocycles. The largest absolute Gasteiger partial charge is 0.269 e. The van der Waals surface area contributed by atoms with Crippen LogP contribution in [0.1, 0.15) is 19.4 Å². The van der Waals surface area contributed by atoms with E-state index in [9.17, 15) is 9.59 Å². The van der Waals surface area contributed by atoms with Gasteiger partial charge in [0, 0.05) is 12.2 Å². The molecule has 0 aromatic heterocycles. The maximum Gasteiger partial charge on any atom is 0.258 e. The molecule has 0 spiro atoms. The zero-order valence-corrected chi connectivity index (χ0v) is 10.9. The first-order valence-electron chi connectivity index (χ1n) is 5.67. The Morgan fingerprint density at radius 2 is 1.50 bits per heavy atom. The molecule has 2 amide bonds. The smallest absolute Gasteiger partial charge is 0.258 e. The second-order valence-corrected chi connectivity index (χ2v) is 4.34. The maximum atomic E-state index is 11.4. The van der Waals surface area contributed by atoms with Gasteiger partial charge in [-0.3, -0.25) is 9.59 Å². The third-order valence-corrected chi connectivity index (χ3v) is 2.17. The number of carbonyl (C=O) groups excluding carboxylic acids is 2. The van der Waals surface area contributed by atoms with Crippen molar-refractivity contribution in [2.45, 2.75) is 20.8 Å². The number of nitrogens with zero attached hydrogens (tertiary/aromatic N) is 1. The van der Waals surface area contributed by atoms with Gasteiger partial charge in [0.25, 0.3) is 11.8 Å². The van der Waals surface area contributed by atoms with E-state index in [0.717, 1.165) is 5.56 Å². The quantitative estimate of drug-likeness (QED) is 0.561. The van der Waals surface area contributed by atoms with Crippen molar-refractivity contribution in [3.63, 3.8) is 0 Å². The monoisotopic (exact) mass is 243 g/mol. The van der Waals surface area contributed by atoms with Gasteiger partial charge in [-0.05, 0) is 32.4 Å². The highest BCUT2D eigenvalue weighted by molar-refractivity contribution is 6.28. The summed E-state index contributed by atoms with van der Waals surface area (Å²) in [4.78, 5) is 23.9. The van der Waals surface area contributed by atoms with Crippen molar-refractivity contribution >= 4 is 17.5 Å². The van der Waals surface area contributed by atoms with Crippen LogP contribution in [0.15, 0.2) is 48.6 Å². The maximum absolute atomic E-state index is 11.4. The molecule has 0 bridgehead atoms. The molecule has 3 heteroatoms. The molecule has 1 aromatic rings. The summed E-state index contributed by atoms with van der Waals surface area (Å²) in [6, 6.07) is 7.31. The molecule has 18 heavy (non-hydrogen) atoms. The molecule has 0 saturated heterocycles. The molecule has 0 fully saturated rings. The Labute approximate surface area is 107 Å². The van der Waals surface area contributed by atoms with Crippen LogP contribution >= 0.6 is 0 Å². The molecule has 1 heterocycles. The fourth-order valence-corrected chi connectivity index (χ4v) is 1.45. The Balaban J connectivity index is 0.000000357. The summed E-state index contributed by atoms with van der Waals surface area (Å²) in [6.07, 6.45) is 2.57. The van der Waals surface area contributed by atoms with Crippen molar-refractivity contribution in [3.05, 3.63) is 54.1 Å². The van der Waals surface area contributed by atoms with Crippen LogP contribution < -0.4 is 4.90 Å². The summed E-state index contributed by atoms with van der Waals surface area (Å²) >= 11 is 0. The number of imide groups is 1. The van der Waals surface area contributed by atoms with Crippen molar-refractivity contribution in [2.24, 2.45) is 0 Å². The number of anilines is 1. The number of amides is 2. The number of hydrogen-bond acceptors (Lipinski definition) is 2. The van der Waals surface area contributed by atoms with Crippen molar-refractivity contribution < 1.29 is 9.59 Å². The van der Waals surface area contributed by atoms with E-state index in [0.29, 0.717) is 5.69 Å². The molecule has 1 aromatic carbocycles. The van der Waals surface area contributed by atoms with Gasteiger partial charge in [-0.25, -0.2) is 4.90 Å². The fraction of sp³-hybridized carbons (Fsp3) is 0.200. The lowest BCUT2D eigenvalue weighted by Gasteiger charge is -2.15. The minimum atomic E-state index is -0.274. The van der Waals surface area contributed by atoms with Gasteiger partial charge in [-0.2, -0.15) is 0 Å². The second-order valence-electron chi connectivity index (χ2n) is 4.34. The molecule has 0 N–H and O–H groups in total. The van der Waals surface area contributed by atoms with Gasteiger partial charge >= 0.3 is 0 Å². The minimum absolute atomic E-state index is 0.274. The Kier molecular flexibility index (Phi) is 4.60. The third kappa shape index (κ3) is 3.42. The van der Waals surface area contributed by atoms with Gasteiger partial charge < -0.3 is 0 Å². The molecule has 94 valence electrons. The van der Waals surface area contributed by atoms with E-state index in [1.807, 2.05) is 32.9 Å². The van der Waals surface area contributed by atoms with Crippen molar-refractivity contribution in [1.82, 2.24) is 0 Å². The standard InChI is InChI=1S/C11H9NO2.C4H8/c1-8-4-2-3-5-9(8)12-10(13)6-7-11(12)14;1-4(2)3/h2-7H,1H3;1H2,2-3H3. The SMILES string of the molecule is C=C(C)C.Cc1ccccc1N1C(=O)C=CC1=O. The number of carbonyl (C=O) groups is 2. The summed E-state index contributed by atoms with van der Waals surface area (Å²) in [7, 11) is 0. The summed E-state index contributed by atoms with van der Waals surface area (Å²) in [5, 5.41) is 0. The highest BCUT2D eigenvalue weighted by Gasteiger charge is 2.25. The second kappa shape index (κ2) is 5.96. The first-order valence-corrected chi connectivity index (χ1v) is 5.67. The van der Waals surface area contributed by atoms with Crippen LogP contribution in [0.3, 0.4) is 0 Å². The van der Waals surface area contributed by atoms with Gasteiger partial charge in [0.15, 0.2) is 0 Å². The predicted molar refractivity (Wildman–Crippen MR) is 73.3 cm³/mol. The normalized spacial score (nSPS) is 13.4. The van der Waals surface area contributed by atoms with E-state index in [-0.39, 0.29) is 11.8 Å². The summed E-state index contributed by atoms with van der Waals surface area (Å²) in [6.45, 7) is 9.37. The van der Waals surface area contributed by atoms with Gasteiger partial charge in [-0.15, -0.1) is 6.58 Å². The van der Waals surface area contributed by atoms with Crippen LogP contribution in [-0.4, -0.2) is 11.8 Å². The van der Waals surface area contributed by atoms with Crippen molar-refractivity contribution in [1.29, 1.82) is 0 Å². The van der Waals surface area contributed by atoms with Gasteiger partial charge in [0.1, 0.15) is 0 Å². The Morgan fingerprint density at radius 1 is 1.06 bits per heavy atom. The number of allylic oxidation sites excluding steroid dienone is 1. The molecule has 1 aliphatic rings. The van der Waals surface area contributed by atoms with Gasteiger partial charge in [0.2, 0.25) is 0 Å². The summed E-state index contributed by atoms with van der Waals surface area (Å²) < 4.78 is 0. The molecule has 0 atom stereocenters. The average molecular weight is 243 g/mol. The van der Waals surface area contributed by atoms with Crippen molar-refractivity contribution in [2.75, 3.05) is 4.90 Å². The van der Waals surface area contributed by atoms with E-state index < -0.39 is 0 Å². The molecular weight excluding hydrogens is 226 g/mol. The lowest BCUT2D eigenvalue weighted by Crippen LogP contribution is -2.30. The van der Waals surface area contributed by atoms with E-state index >= 15 is 0 Å². The zero-order chi connectivity index (χ0) is 13.7. The van der Waals surface area contributed by atoms with Gasteiger partial charge in [0.05, 0.1) is 5.69 Å². The van der Waals surface area contributed by atoms with E-state index in [2.05, 4.69) is 6.58 Å². The zero-order valence-electron chi connectivity index (χ0n) is 10.9. The summed E-state index contributed by atoms with van der Waals surface area (Å²) in [5.41, 5.74) is 2.74. The van der Waals surface area contributed by atoms with E-state index in [1.54, 1.807) is 12.1 Å². The summed E-state index contributed by atoms with van der Waals surface area (Å²) in [5.74, 6) is -0.548. The number of hydrogen-bond donors (Lipinski definition) is 0. The van der Waals surface area contributed by atoms with E-state index in [1.165, 1.54) is 22.6 Å². The fourth-order valence-electron chi connectivity index (χ4n) is 1.45. The van der Waals surface area contributed by atoms with Crippen LogP contribution in [0.4, 0.5) is 5.69 Å². The van der Waals surface area contributed by atoms with Crippen LogP contribution in [0.5, 0.6) is 0 Å². The number of rotatable bonds is 1. The Bertz CT molecular complexity index is 493. The minimum Gasteiger partial charge on any atom is -0.269 e. The predicted octanol–water partition coefficient (Wildman–Crippen LogP) is 3.01. The molecule has 0 radical (unpaired) electrons. The first-order chi connectivity index (χ1) is 8.43. The highest BCUT2D eigenvalue weighted by atomic mass is 16.2. The first kappa shape index (κ1) is 13.9. The van der Waals surface area contributed by atoms with E-state index in [4.69, 9.17) is 0 Å². The average Bonchev–Trinajstić information content (AvgIpc) is 2.59. The third-order valence-electron chi connectivity index (χ3n) is 2.17. The number of para-hydroxylation sites is 1. The lowest BCUT2D eigenvalue weighted by molar-refractivity contribution is -0.119. The highest BCUT2D eigenvalue weighted by Crippen LogP contribution is 2.22. The molecule has 2 rings (SSSR count). The van der Waals surface area contributed by atoms with Crippen molar-refractivity contribution in [3.8, 4) is 0 Å². The molecule has 0 saturated carbocycles. The molecular formula is C15H17NO2. The number of benzene rings is 1. The Morgan fingerprint density at radius 3 is 1.94 bits per heavy atom. The molecule has 3 nitrogen and oxygen atoms in total. The topological polar surface area (TPSA) is 37.4 Å². The van der Waals surface area contributed by atoms with Crippen LogP contribution in [-0.2, 0) is 9.59 Å². The lowest BCUT2D eigenvalue weighted by atomic mass is 10.2. The number of aryl methyl sites for hydroxylation is 1. The molecule has 0 unspecified atom stereocenters. The van der Waals surface area contributed by atoms with Crippen LogP contribution in [0, 0.1) is 6.92 Å².